The predicted molar refractivity (Wildman–Crippen MR) is 74.6 cm³/mol. The van der Waals surface area contributed by atoms with Crippen molar-refractivity contribution < 1.29 is 12.8 Å². The number of benzene rings is 1. The number of nitrogens with zero attached hydrogens (tertiary/aromatic N) is 1. The number of nitrogens with one attached hydrogen (secondary N) is 2. The van der Waals surface area contributed by atoms with E-state index < -0.39 is 15.8 Å². The first kappa shape index (κ1) is 16.9. The predicted octanol–water partition coefficient (Wildman–Crippen LogP) is 1.15. The van der Waals surface area contributed by atoms with Gasteiger partial charge in [0.1, 0.15) is 11.9 Å². The molecule has 0 spiro atoms. The Morgan fingerprint density at radius 2 is 2.20 bits per heavy atom. The Morgan fingerprint density at radius 3 is 2.80 bits per heavy atom. The van der Waals surface area contributed by atoms with Crippen molar-refractivity contribution in [2.75, 3.05) is 13.1 Å². The van der Waals surface area contributed by atoms with Gasteiger partial charge in [0.05, 0.1) is 10.5 Å². The topological polar surface area (TPSA) is 82.0 Å². The van der Waals surface area contributed by atoms with Crippen LogP contribution in [0.2, 0.25) is 0 Å². The highest BCUT2D eigenvalue weighted by atomic mass is 35.5. The van der Waals surface area contributed by atoms with Crippen molar-refractivity contribution in [1.82, 2.24) is 10.0 Å². The maximum absolute atomic E-state index is 13.2. The Kier molecular flexibility index (Phi) is 5.89. The van der Waals surface area contributed by atoms with E-state index in [0.29, 0.717) is 6.54 Å². The van der Waals surface area contributed by atoms with Crippen molar-refractivity contribution in [1.29, 1.82) is 5.26 Å². The van der Waals surface area contributed by atoms with Crippen molar-refractivity contribution >= 4 is 22.4 Å². The van der Waals surface area contributed by atoms with Crippen LogP contribution in [0.15, 0.2) is 23.1 Å². The third-order valence-corrected chi connectivity index (χ3v) is 4.51. The van der Waals surface area contributed by atoms with E-state index in [2.05, 4.69) is 10.0 Å². The summed E-state index contributed by atoms with van der Waals surface area (Å²) in [5.74, 6) is -0.721. The maximum Gasteiger partial charge on any atom is 0.240 e. The number of piperidine rings is 1. The number of rotatable bonds is 3. The molecular formula is C12H15ClFN3O2S. The van der Waals surface area contributed by atoms with Crippen molar-refractivity contribution in [3.05, 3.63) is 29.6 Å². The second-order valence-corrected chi connectivity index (χ2v) is 6.13. The number of hydrogen-bond acceptors (Lipinski definition) is 4. The Morgan fingerprint density at radius 1 is 1.45 bits per heavy atom. The van der Waals surface area contributed by atoms with Gasteiger partial charge in [0.2, 0.25) is 10.0 Å². The first-order valence-electron chi connectivity index (χ1n) is 5.95. The molecule has 2 N–H and O–H groups in total. The summed E-state index contributed by atoms with van der Waals surface area (Å²) in [7, 11) is -3.72. The van der Waals surface area contributed by atoms with Gasteiger partial charge >= 0.3 is 0 Å². The van der Waals surface area contributed by atoms with E-state index in [1.807, 2.05) is 0 Å². The Hall–Kier alpha value is -1.20. The Bertz CT molecular complexity index is 610. The SMILES string of the molecule is Cl.N#Cc1cc(S(=O)(=O)N[C@H]2CCCNC2)ccc1F. The fourth-order valence-electron chi connectivity index (χ4n) is 2.00. The van der Waals surface area contributed by atoms with Gasteiger partial charge in [0.15, 0.2) is 0 Å². The molecule has 110 valence electrons. The number of sulfonamides is 1. The van der Waals surface area contributed by atoms with Gasteiger partial charge in [-0.3, -0.25) is 0 Å². The van der Waals surface area contributed by atoms with Gasteiger partial charge in [-0.15, -0.1) is 12.4 Å². The van der Waals surface area contributed by atoms with Gasteiger partial charge in [0, 0.05) is 12.6 Å². The molecule has 0 radical (unpaired) electrons. The zero-order chi connectivity index (χ0) is 13.9. The van der Waals surface area contributed by atoms with Gasteiger partial charge in [0.25, 0.3) is 0 Å². The largest absolute Gasteiger partial charge is 0.315 e. The van der Waals surface area contributed by atoms with Crippen LogP contribution in [0.4, 0.5) is 4.39 Å². The lowest BCUT2D eigenvalue weighted by Gasteiger charge is -2.23. The lowest BCUT2D eigenvalue weighted by Crippen LogP contribution is -2.45. The smallest absolute Gasteiger partial charge is 0.240 e. The number of nitriles is 1. The summed E-state index contributed by atoms with van der Waals surface area (Å²) >= 11 is 0. The molecule has 0 amide bonds. The fraction of sp³-hybridized carbons (Fsp3) is 0.417. The summed E-state index contributed by atoms with van der Waals surface area (Å²) in [5.41, 5.74) is -0.273. The van der Waals surface area contributed by atoms with Crippen LogP contribution in [0.25, 0.3) is 0 Å². The molecule has 5 nitrogen and oxygen atoms in total. The Balaban J connectivity index is 0.00000200. The van der Waals surface area contributed by atoms with Crippen LogP contribution in [-0.2, 0) is 10.0 Å². The highest BCUT2D eigenvalue weighted by molar-refractivity contribution is 7.89. The number of hydrogen-bond donors (Lipinski definition) is 2. The molecule has 1 fully saturated rings. The normalized spacial score (nSPS) is 18.9. The van der Waals surface area contributed by atoms with E-state index in [1.54, 1.807) is 6.07 Å². The number of halogens is 2. The minimum absolute atomic E-state index is 0. The first-order chi connectivity index (χ1) is 9.03. The van der Waals surface area contributed by atoms with Crippen molar-refractivity contribution in [3.63, 3.8) is 0 Å². The summed E-state index contributed by atoms with van der Waals surface area (Å²) < 4.78 is 39.9. The van der Waals surface area contributed by atoms with E-state index in [-0.39, 0.29) is 28.9 Å². The summed E-state index contributed by atoms with van der Waals surface area (Å²) in [5, 5.41) is 11.8. The lowest BCUT2D eigenvalue weighted by atomic mass is 10.1. The monoisotopic (exact) mass is 319 g/mol. The zero-order valence-corrected chi connectivity index (χ0v) is 12.2. The zero-order valence-electron chi connectivity index (χ0n) is 10.6. The van der Waals surface area contributed by atoms with Crippen LogP contribution in [-0.4, -0.2) is 27.5 Å². The molecule has 1 aromatic carbocycles. The second-order valence-electron chi connectivity index (χ2n) is 4.42. The fourth-order valence-corrected chi connectivity index (χ4v) is 3.29. The van der Waals surface area contributed by atoms with Crippen molar-refractivity contribution in [2.24, 2.45) is 0 Å². The quantitative estimate of drug-likeness (QED) is 0.875. The van der Waals surface area contributed by atoms with E-state index in [9.17, 15) is 12.8 Å². The van der Waals surface area contributed by atoms with Crippen LogP contribution in [0.1, 0.15) is 18.4 Å². The molecular weight excluding hydrogens is 305 g/mol. The highest BCUT2D eigenvalue weighted by Gasteiger charge is 2.22. The molecule has 20 heavy (non-hydrogen) atoms. The molecule has 0 aromatic heterocycles. The van der Waals surface area contributed by atoms with Crippen LogP contribution < -0.4 is 10.0 Å². The third-order valence-electron chi connectivity index (χ3n) is 2.99. The molecule has 0 aliphatic carbocycles. The minimum Gasteiger partial charge on any atom is -0.315 e. The maximum atomic E-state index is 13.2. The van der Waals surface area contributed by atoms with Gasteiger partial charge in [-0.2, -0.15) is 5.26 Å². The molecule has 1 aliphatic rings. The van der Waals surface area contributed by atoms with E-state index in [4.69, 9.17) is 5.26 Å². The van der Waals surface area contributed by atoms with Gasteiger partial charge in [-0.25, -0.2) is 17.5 Å². The molecule has 8 heteroatoms. The molecule has 0 saturated carbocycles. The molecule has 0 unspecified atom stereocenters. The molecule has 1 atom stereocenters. The molecule has 1 heterocycles. The average molecular weight is 320 g/mol. The van der Waals surface area contributed by atoms with E-state index >= 15 is 0 Å². The van der Waals surface area contributed by atoms with Crippen LogP contribution in [0.3, 0.4) is 0 Å². The van der Waals surface area contributed by atoms with Gasteiger partial charge in [-0.1, -0.05) is 0 Å². The molecule has 0 bridgehead atoms. The molecule has 1 saturated heterocycles. The lowest BCUT2D eigenvalue weighted by molar-refractivity contribution is 0.428. The van der Waals surface area contributed by atoms with E-state index in [1.165, 1.54) is 0 Å². The summed E-state index contributed by atoms with van der Waals surface area (Å²) in [6, 6.07) is 4.66. The second kappa shape index (κ2) is 6.99. The summed E-state index contributed by atoms with van der Waals surface area (Å²) in [6.45, 7) is 1.46. The third kappa shape index (κ3) is 3.90. The minimum atomic E-state index is -3.72. The molecule has 2 rings (SSSR count). The highest BCUT2D eigenvalue weighted by Crippen LogP contribution is 2.15. The van der Waals surface area contributed by atoms with Crippen molar-refractivity contribution in [2.45, 2.75) is 23.8 Å². The van der Waals surface area contributed by atoms with E-state index in [0.717, 1.165) is 37.6 Å². The van der Waals surface area contributed by atoms with Gasteiger partial charge < -0.3 is 5.32 Å². The first-order valence-corrected chi connectivity index (χ1v) is 7.44. The standard InChI is InChI=1S/C12H14FN3O2S.ClH/c13-12-4-3-11(6-9(12)7-14)19(17,18)16-10-2-1-5-15-8-10;/h3-4,6,10,15-16H,1-2,5,8H2;1H/t10-;/m0./s1. The van der Waals surface area contributed by atoms with Crippen LogP contribution in [0, 0.1) is 17.1 Å². The average Bonchev–Trinajstić information content (AvgIpc) is 2.39. The van der Waals surface area contributed by atoms with Crippen molar-refractivity contribution in [3.8, 4) is 6.07 Å². The summed E-state index contributed by atoms with van der Waals surface area (Å²) in [4.78, 5) is -0.0870. The molecule has 1 aromatic rings. The van der Waals surface area contributed by atoms with Crippen LogP contribution >= 0.6 is 12.4 Å². The summed E-state index contributed by atoms with van der Waals surface area (Å²) in [6.07, 6.45) is 1.67. The van der Waals surface area contributed by atoms with Crippen LogP contribution in [0.5, 0.6) is 0 Å². The Labute approximate surface area is 123 Å². The molecule has 1 aliphatic heterocycles. The van der Waals surface area contributed by atoms with Gasteiger partial charge in [-0.05, 0) is 37.6 Å².